The number of nitrogens with zero attached hydrogens (tertiary/aromatic N) is 2. The quantitative estimate of drug-likeness (QED) is 0.132. The molecule has 6 N–H and O–H groups in total. The van der Waals surface area contributed by atoms with Crippen LogP contribution in [0.2, 0.25) is 0 Å². The second-order valence-electron chi connectivity index (χ2n) is 15.0. The van der Waals surface area contributed by atoms with Gasteiger partial charge >= 0.3 is 0 Å². The fourth-order valence-corrected chi connectivity index (χ4v) is 7.08. The molecule has 3 aromatic rings. The fraction of sp³-hybridized carbons (Fsp3) is 0.525. The molecule has 0 unspecified atom stereocenters. The van der Waals surface area contributed by atoms with Crippen molar-refractivity contribution in [1.82, 2.24) is 15.2 Å². The maximum absolute atomic E-state index is 13.9. The van der Waals surface area contributed by atoms with Gasteiger partial charge in [-0.1, -0.05) is 69.3 Å². The molecule has 1 aliphatic rings. The molecule has 2 heterocycles. The number of nitrogens with one attached hydrogen (secondary N) is 1. The van der Waals surface area contributed by atoms with Gasteiger partial charge in [0.05, 0.1) is 47.5 Å². The molecule has 13 heteroatoms. The minimum Gasteiger partial charge on any atom is -0.391 e. The number of primary amides is 1. The Bertz CT molecular complexity index is 1670. The number of Topliss-reactive ketones (excluding diaryl/α,β-unsaturated/α-hetero) is 1. The summed E-state index contributed by atoms with van der Waals surface area (Å²) >= 11 is 1.59. The Kier molecular flexibility index (Phi) is 15.2. The first-order valence-electron chi connectivity index (χ1n) is 18.2. The van der Waals surface area contributed by atoms with Crippen LogP contribution >= 0.6 is 11.3 Å². The fourth-order valence-electron chi connectivity index (χ4n) is 6.27. The van der Waals surface area contributed by atoms with Gasteiger partial charge in [-0.05, 0) is 60.8 Å². The Morgan fingerprint density at radius 2 is 1.66 bits per heavy atom. The van der Waals surface area contributed by atoms with Crippen molar-refractivity contribution < 1.29 is 33.8 Å². The largest absolute Gasteiger partial charge is 0.391 e. The van der Waals surface area contributed by atoms with E-state index >= 15 is 0 Å². The van der Waals surface area contributed by atoms with Gasteiger partial charge in [0.15, 0.2) is 5.78 Å². The molecule has 288 valence electrons. The average Bonchev–Trinajstić information content (AvgIpc) is 3.74. The van der Waals surface area contributed by atoms with Crippen molar-refractivity contribution in [3.63, 3.8) is 0 Å². The standard InChI is InChI=1S/C40H55N5O7S/c1-25-37(53-24-43-25)30-13-10-27(11-14-30)12-16-34(47)33-20-31(46)21-45(33)39(50)38(40(3,4)5)44-36(49)23-51-19-18-28-6-8-29(9-7-28)22-52-26(2)32(41)15-17-35(42)48/h6-11,13-14,24,26,31-33,38,46H,12,15-23,41H2,1-5H3,(H2,42,48)(H,44,49)/t26-,31-,32+,33+,38-/m1/s1. The maximum atomic E-state index is 13.9. The van der Waals surface area contributed by atoms with Crippen molar-refractivity contribution in [2.24, 2.45) is 16.9 Å². The number of nitrogens with two attached hydrogens (primary N) is 2. The zero-order chi connectivity index (χ0) is 38.7. The van der Waals surface area contributed by atoms with Crippen LogP contribution in [-0.4, -0.2) is 88.6 Å². The van der Waals surface area contributed by atoms with Crippen molar-refractivity contribution in [3.8, 4) is 10.4 Å². The van der Waals surface area contributed by atoms with E-state index in [1.165, 1.54) is 4.90 Å². The van der Waals surface area contributed by atoms with Crippen LogP contribution in [0, 0.1) is 12.3 Å². The number of rotatable bonds is 19. The van der Waals surface area contributed by atoms with E-state index in [0.29, 0.717) is 32.5 Å². The monoisotopic (exact) mass is 749 g/mol. The van der Waals surface area contributed by atoms with Crippen LogP contribution in [0.15, 0.2) is 54.0 Å². The lowest BCUT2D eigenvalue weighted by atomic mass is 9.85. The normalized spacial score (nSPS) is 17.7. The first kappa shape index (κ1) is 41.7. The number of aliphatic hydroxyl groups excluding tert-OH is 1. The minimum absolute atomic E-state index is 0.0333. The number of likely N-dealkylation sites (tertiary alicyclic amines) is 1. The summed E-state index contributed by atoms with van der Waals surface area (Å²) in [5, 5.41) is 13.4. The summed E-state index contributed by atoms with van der Waals surface area (Å²) in [5.41, 5.74) is 17.5. The number of aromatic nitrogens is 1. The van der Waals surface area contributed by atoms with Gasteiger partial charge in [-0.15, -0.1) is 11.3 Å². The van der Waals surface area contributed by atoms with E-state index in [0.717, 1.165) is 32.8 Å². The van der Waals surface area contributed by atoms with Crippen molar-refractivity contribution in [2.75, 3.05) is 19.8 Å². The van der Waals surface area contributed by atoms with Crippen molar-refractivity contribution in [3.05, 3.63) is 76.4 Å². The first-order chi connectivity index (χ1) is 25.1. The molecule has 1 aromatic heterocycles. The van der Waals surface area contributed by atoms with Gasteiger partial charge in [-0.3, -0.25) is 19.2 Å². The third-order valence-electron chi connectivity index (χ3n) is 9.60. The molecule has 5 atom stereocenters. The number of aryl methyl sites for hydroxylation is 2. The molecule has 2 aromatic carbocycles. The average molecular weight is 750 g/mol. The predicted molar refractivity (Wildman–Crippen MR) is 205 cm³/mol. The van der Waals surface area contributed by atoms with Crippen LogP contribution in [0.4, 0.5) is 0 Å². The first-order valence-corrected chi connectivity index (χ1v) is 19.1. The smallest absolute Gasteiger partial charge is 0.246 e. The van der Waals surface area contributed by atoms with Crippen molar-refractivity contribution >= 4 is 34.8 Å². The number of hydrogen-bond acceptors (Lipinski definition) is 10. The Hall–Kier alpha value is -4.01. The number of β-amino-alcohol motifs (C(OH)–C–C–N with tert-alkyl or cyclic N) is 1. The van der Waals surface area contributed by atoms with Crippen molar-refractivity contribution in [2.45, 2.75) is 110 Å². The van der Waals surface area contributed by atoms with Crippen LogP contribution in [0.1, 0.15) is 75.8 Å². The highest BCUT2D eigenvalue weighted by Crippen LogP contribution is 2.29. The molecule has 0 aliphatic carbocycles. The molecule has 0 bridgehead atoms. The Balaban J connectivity index is 1.23. The highest BCUT2D eigenvalue weighted by Gasteiger charge is 2.44. The molecule has 1 aliphatic heterocycles. The van der Waals surface area contributed by atoms with E-state index in [9.17, 15) is 24.3 Å². The van der Waals surface area contributed by atoms with E-state index < -0.39 is 35.4 Å². The number of amides is 3. The van der Waals surface area contributed by atoms with Crippen LogP contribution in [-0.2, 0) is 48.1 Å². The summed E-state index contributed by atoms with van der Waals surface area (Å²) in [6.45, 7) is 9.89. The number of benzene rings is 2. The summed E-state index contributed by atoms with van der Waals surface area (Å²) in [6.07, 6.45) is 1.13. The lowest BCUT2D eigenvalue weighted by Crippen LogP contribution is -2.57. The number of ether oxygens (including phenoxy) is 2. The number of aliphatic hydroxyl groups is 1. The molecule has 0 radical (unpaired) electrons. The molecular formula is C40H55N5O7S. The highest BCUT2D eigenvalue weighted by atomic mass is 32.1. The lowest BCUT2D eigenvalue weighted by molar-refractivity contribution is -0.144. The second-order valence-corrected chi connectivity index (χ2v) is 15.9. The van der Waals surface area contributed by atoms with E-state index in [2.05, 4.69) is 10.3 Å². The van der Waals surface area contributed by atoms with E-state index in [4.69, 9.17) is 20.9 Å². The van der Waals surface area contributed by atoms with Gasteiger partial charge in [-0.2, -0.15) is 0 Å². The van der Waals surface area contributed by atoms with Crippen LogP contribution < -0.4 is 16.8 Å². The topological polar surface area (TPSA) is 187 Å². The number of carbonyl (C=O) groups is 4. The Morgan fingerprint density at radius 1 is 1.02 bits per heavy atom. The summed E-state index contributed by atoms with van der Waals surface area (Å²) < 4.78 is 11.5. The SMILES string of the molecule is Cc1ncsc1-c1ccc(CCC(=O)[C@@H]2C[C@@H](O)CN2C(=O)[C@@H](NC(=O)COCCc2ccc(CO[C@H](C)[C@@H](N)CCC(N)=O)cc2)C(C)(C)C)cc1. The van der Waals surface area contributed by atoms with Gasteiger partial charge in [0.25, 0.3) is 0 Å². The van der Waals surface area contributed by atoms with E-state index in [-0.39, 0.29) is 56.3 Å². The Labute approximate surface area is 316 Å². The number of hydrogen-bond donors (Lipinski definition) is 4. The molecule has 0 spiro atoms. The third kappa shape index (κ3) is 12.5. The van der Waals surface area contributed by atoms with E-state index in [1.54, 1.807) is 11.3 Å². The van der Waals surface area contributed by atoms with Gasteiger partial charge in [0.2, 0.25) is 17.7 Å². The minimum atomic E-state index is -0.919. The molecule has 53 heavy (non-hydrogen) atoms. The summed E-state index contributed by atoms with van der Waals surface area (Å²) in [6, 6.07) is 14.0. The molecule has 1 fully saturated rings. The number of thiazole rings is 1. The van der Waals surface area contributed by atoms with Crippen LogP contribution in [0.25, 0.3) is 10.4 Å². The summed E-state index contributed by atoms with van der Waals surface area (Å²) in [7, 11) is 0. The van der Waals surface area contributed by atoms with Crippen LogP contribution in [0.3, 0.4) is 0 Å². The molecule has 4 rings (SSSR count). The van der Waals surface area contributed by atoms with Gasteiger partial charge in [0.1, 0.15) is 12.6 Å². The molecular weight excluding hydrogens is 695 g/mol. The Morgan fingerprint density at radius 3 is 2.28 bits per heavy atom. The predicted octanol–water partition coefficient (Wildman–Crippen LogP) is 3.87. The van der Waals surface area contributed by atoms with Gasteiger partial charge < -0.3 is 36.3 Å². The molecule has 1 saturated heterocycles. The second kappa shape index (κ2) is 19.4. The summed E-state index contributed by atoms with van der Waals surface area (Å²) in [4.78, 5) is 58.3. The molecule has 3 amide bonds. The third-order valence-corrected chi connectivity index (χ3v) is 10.6. The van der Waals surface area contributed by atoms with E-state index in [1.807, 2.05) is 88.7 Å². The highest BCUT2D eigenvalue weighted by molar-refractivity contribution is 7.13. The van der Waals surface area contributed by atoms with Gasteiger partial charge in [-0.25, -0.2) is 4.98 Å². The zero-order valence-corrected chi connectivity index (χ0v) is 32.3. The van der Waals surface area contributed by atoms with Crippen molar-refractivity contribution in [1.29, 1.82) is 0 Å². The number of carbonyl (C=O) groups excluding carboxylic acids is 4. The maximum Gasteiger partial charge on any atom is 0.246 e. The van der Waals surface area contributed by atoms with Gasteiger partial charge in [0, 0.05) is 31.8 Å². The lowest BCUT2D eigenvalue weighted by Gasteiger charge is -2.35. The number of ketones is 1. The zero-order valence-electron chi connectivity index (χ0n) is 31.5. The molecule has 0 saturated carbocycles. The molecule has 12 nitrogen and oxygen atoms in total. The summed E-state index contributed by atoms with van der Waals surface area (Å²) in [5.74, 6) is -1.33. The van der Waals surface area contributed by atoms with Crippen LogP contribution in [0.5, 0.6) is 0 Å².